The number of halogens is 1. The Bertz CT molecular complexity index is 1660. The van der Waals surface area contributed by atoms with Crippen molar-refractivity contribution in [3.8, 4) is 17.3 Å². The van der Waals surface area contributed by atoms with Crippen LogP contribution in [0.3, 0.4) is 0 Å². The molecule has 1 saturated carbocycles. The first-order chi connectivity index (χ1) is 24.8. The van der Waals surface area contributed by atoms with E-state index in [0.717, 1.165) is 42.8 Å². The van der Waals surface area contributed by atoms with E-state index in [0.29, 0.717) is 68.0 Å². The molecular formula is C37H53ClN10O4. The van der Waals surface area contributed by atoms with Crippen LogP contribution in [-0.4, -0.2) is 80.6 Å². The van der Waals surface area contributed by atoms with Crippen LogP contribution >= 0.6 is 11.6 Å². The zero-order chi connectivity index (χ0) is 37.3. The Hall–Kier alpha value is -3.90. The van der Waals surface area contributed by atoms with Gasteiger partial charge in [0, 0.05) is 55.6 Å². The lowest BCUT2D eigenvalue weighted by atomic mass is 9.82. The van der Waals surface area contributed by atoms with Crippen LogP contribution in [0.5, 0.6) is 0 Å². The number of rotatable bonds is 15. The van der Waals surface area contributed by atoms with Crippen molar-refractivity contribution in [3.05, 3.63) is 41.3 Å². The van der Waals surface area contributed by atoms with Crippen molar-refractivity contribution in [1.82, 2.24) is 35.5 Å². The first kappa shape index (κ1) is 39.3. The van der Waals surface area contributed by atoms with E-state index >= 15 is 0 Å². The first-order valence-corrected chi connectivity index (χ1v) is 18.7. The summed E-state index contributed by atoms with van der Waals surface area (Å²) in [5.41, 5.74) is 0.462. The number of anilines is 2. The van der Waals surface area contributed by atoms with Crippen molar-refractivity contribution >= 4 is 29.2 Å². The summed E-state index contributed by atoms with van der Waals surface area (Å²) in [5.74, 6) is 1.56. The Labute approximate surface area is 311 Å². The smallest absolute Gasteiger partial charge is 0.313 e. The SMILES string of the molecule is CC(C)[C@@H](OC(=O)C(C)(C)C)n1nnc(COC[C@H](C)NC2CCC(Nc3cc(-c4cccc(NCC5(C#N)CCOCC5)n4)c(Cl)cn3)CC2)n1. The molecule has 15 heteroatoms. The van der Waals surface area contributed by atoms with Crippen molar-refractivity contribution in [2.24, 2.45) is 16.7 Å². The van der Waals surface area contributed by atoms with E-state index < -0.39 is 17.1 Å². The van der Waals surface area contributed by atoms with Crippen molar-refractivity contribution in [2.75, 3.05) is 37.0 Å². The zero-order valence-corrected chi connectivity index (χ0v) is 31.9. The van der Waals surface area contributed by atoms with Crippen LogP contribution in [0.2, 0.25) is 5.02 Å². The fourth-order valence-corrected chi connectivity index (χ4v) is 6.50. The molecule has 0 bridgehead atoms. The second-order valence-corrected chi connectivity index (χ2v) is 15.8. The lowest BCUT2D eigenvalue weighted by Gasteiger charge is -2.32. The maximum atomic E-state index is 12.5. The second kappa shape index (κ2) is 17.7. The Morgan fingerprint density at radius 3 is 2.56 bits per heavy atom. The minimum absolute atomic E-state index is 0.0282. The number of hydrogen-bond acceptors (Lipinski definition) is 13. The van der Waals surface area contributed by atoms with E-state index in [-0.39, 0.29) is 24.5 Å². The molecule has 2 atom stereocenters. The number of tetrazole rings is 1. The molecule has 0 aromatic carbocycles. The van der Waals surface area contributed by atoms with Gasteiger partial charge in [-0.15, -0.1) is 15.0 Å². The van der Waals surface area contributed by atoms with Gasteiger partial charge >= 0.3 is 5.97 Å². The number of esters is 1. The molecule has 14 nitrogen and oxygen atoms in total. The third kappa shape index (κ3) is 10.8. The fourth-order valence-electron chi connectivity index (χ4n) is 6.30. The van der Waals surface area contributed by atoms with E-state index in [1.807, 2.05) is 58.9 Å². The lowest BCUT2D eigenvalue weighted by Crippen LogP contribution is -2.43. The summed E-state index contributed by atoms with van der Waals surface area (Å²) in [5, 5.41) is 33.7. The molecule has 3 N–H and O–H groups in total. The van der Waals surface area contributed by atoms with E-state index in [4.69, 9.17) is 30.8 Å². The van der Waals surface area contributed by atoms with Crippen LogP contribution < -0.4 is 16.0 Å². The lowest BCUT2D eigenvalue weighted by molar-refractivity contribution is -0.169. The summed E-state index contributed by atoms with van der Waals surface area (Å²) in [6.45, 7) is 13.9. The van der Waals surface area contributed by atoms with Gasteiger partial charge < -0.3 is 30.2 Å². The average Bonchev–Trinajstić information content (AvgIpc) is 3.59. The Morgan fingerprint density at radius 2 is 1.87 bits per heavy atom. The molecule has 3 aromatic heterocycles. The number of nitrogens with zero attached hydrogens (tertiary/aromatic N) is 7. The molecule has 282 valence electrons. The van der Waals surface area contributed by atoms with E-state index in [9.17, 15) is 10.1 Å². The topological polar surface area (TPSA) is 174 Å². The summed E-state index contributed by atoms with van der Waals surface area (Å²) in [6.07, 6.45) is 6.48. The monoisotopic (exact) mass is 736 g/mol. The molecule has 0 amide bonds. The van der Waals surface area contributed by atoms with Crippen LogP contribution in [0.15, 0.2) is 30.5 Å². The van der Waals surface area contributed by atoms with Crippen LogP contribution in [0.4, 0.5) is 11.6 Å². The van der Waals surface area contributed by atoms with Gasteiger partial charge in [0.2, 0.25) is 12.1 Å². The van der Waals surface area contributed by atoms with Gasteiger partial charge in [-0.2, -0.15) is 5.26 Å². The molecule has 5 rings (SSSR count). The van der Waals surface area contributed by atoms with Gasteiger partial charge in [-0.1, -0.05) is 31.5 Å². The maximum Gasteiger partial charge on any atom is 0.313 e. The number of ether oxygens (including phenoxy) is 3. The number of carbonyl (C=O) groups excluding carboxylic acids is 1. The Kier molecular flexibility index (Phi) is 13.4. The highest BCUT2D eigenvalue weighted by Crippen LogP contribution is 2.32. The molecule has 2 aliphatic rings. The predicted octanol–water partition coefficient (Wildman–Crippen LogP) is 6.18. The molecule has 0 spiro atoms. The number of nitrogens with one attached hydrogen (secondary N) is 3. The normalized spacial score (nSPS) is 20.1. The van der Waals surface area contributed by atoms with Gasteiger partial charge in [-0.05, 0) is 89.6 Å². The quantitative estimate of drug-likeness (QED) is 0.151. The summed E-state index contributed by atoms with van der Waals surface area (Å²) in [6, 6.07) is 11.0. The van der Waals surface area contributed by atoms with Crippen molar-refractivity contribution in [3.63, 3.8) is 0 Å². The minimum Gasteiger partial charge on any atom is -0.437 e. The average molecular weight is 737 g/mol. The molecule has 4 heterocycles. The zero-order valence-electron chi connectivity index (χ0n) is 31.2. The molecule has 3 aromatic rings. The highest BCUT2D eigenvalue weighted by Gasteiger charge is 2.33. The van der Waals surface area contributed by atoms with E-state index in [2.05, 4.69) is 49.3 Å². The van der Waals surface area contributed by atoms with Gasteiger partial charge in [0.05, 0.1) is 34.2 Å². The number of pyridine rings is 2. The summed E-state index contributed by atoms with van der Waals surface area (Å²) in [7, 11) is 0. The molecule has 0 radical (unpaired) electrons. The first-order valence-electron chi connectivity index (χ1n) is 18.3. The number of carbonyl (C=O) groups is 1. The molecule has 2 fully saturated rings. The maximum absolute atomic E-state index is 12.5. The Balaban J connectivity index is 1.05. The van der Waals surface area contributed by atoms with Crippen LogP contribution in [0.25, 0.3) is 11.3 Å². The highest BCUT2D eigenvalue weighted by molar-refractivity contribution is 6.33. The standard InChI is InChI=1S/C37H53ClN10O4/c1-24(2)34(52-35(49)36(4,5)6)48-46-33(45-47-48)21-51-20-25(3)42-26-10-12-27(13-11-26)43-32-18-28(29(38)19-40-32)30-8-7-9-31(44-30)41-23-37(22-39)14-16-50-17-15-37/h7-9,18-19,24-27,34,42H,10-17,20-21,23H2,1-6H3,(H,40,43)(H,41,44)/t25-,26?,27?,34+/m0/s1. The summed E-state index contributed by atoms with van der Waals surface area (Å²) in [4.78, 5) is 23.2. The third-order valence-electron chi connectivity index (χ3n) is 9.48. The number of nitriles is 1. The van der Waals surface area contributed by atoms with Gasteiger partial charge in [0.15, 0.2) is 0 Å². The third-order valence-corrected chi connectivity index (χ3v) is 9.78. The van der Waals surface area contributed by atoms with E-state index in [1.54, 1.807) is 6.20 Å². The van der Waals surface area contributed by atoms with Gasteiger partial charge in [-0.3, -0.25) is 4.79 Å². The molecule has 0 unspecified atom stereocenters. The largest absolute Gasteiger partial charge is 0.437 e. The van der Waals surface area contributed by atoms with Gasteiger partial charge in [-0.25, -0.2) is 9.97 Å². The number of aromatic nitrogens is 6. The molecular weight excluding hydrogens is 684 g/mol. The highest BCUT2D eigenvalue weighted by atomic mass is 35.5. The van der Waals surface area contributed by atoms with Crippen molar-refractivity contribution in [2.45, 2.75) is 111 Å². The van der Waals surface area contributed by atoms with Crippen molar-refractivity contribution in [1.29, 1.82) is 5.26 Å². The summed E-state index contributed by atoms with van der Waals surface area (Å²) < 4.78 is 17.1. The fraction of sp³-hybridized carbons (Fsp3) is 0.649. The minimum atomic E-state index is -0.639. The van der Waals surface area contributed by atoms with E-state index in [1.165, 1.54) is 4.80 Å². The summed E-state index contributed by atoms with van der Waals surface area (Å²) >= 11 is 6.61. The van der Waals surface area contributed by atoms with Crippen LogP contribution in [-0.2, 0) is 25.6 Å². The van der Waals surface area contributed by atoms with Gasteiger partial charge in [0.1, 0.15) is 18.2 Å². The molecule has 1 saturated heterocycles. The van der Waals surface area contributed by atoms with Crippen LogP contribution in [0.1, 0.15) is 92.1 Å². The van der Waals surface area contributed by atoms with Crippen LogP contribution in [0, 0.1) is 28.1 Å². The van der Waals surface area contributed by atoms with Gasteiger partial charge in [0.25, 0.3) is 0 Å². The predicted molar refractivity (Wildman–Crippen MR) is 198 cm³/mol. The molecule has 1 aliphatic carbocycles. The molecule has 52 heavy (non-hydrogen) atoms. The Morgan fingerprint density at radius 1 is 1.13 bits per heavy atom. The number of hydrogen-bond donors (Lipinski definition) is 3. The second-order valence-electron chi connectivity index (χ2n) is 15.4. The van der Waals surface area contributed by atoms with Crippen molar-refractivity contribution < 1.29 is 19.0 Å². The molecule has 1 aliphatic heterocycles.